The molecule has 2 aromatic rings. The van der Waals surface area contributed by atoms with Crippen LogP contribution in [0.3, 0.4) is 0 Å². The Morgan fingerprint density at radius 2 is 1.86 bits per heavy atom. The predicted octanol–water partition coefficient (Wildman–Crippen LogP) is 2.68. The van der Waals surface area contributed by atoms with Crippen molar-refractivity contribution < 1.29 is 13.9 Å². The van der Waals surface area contributed by atoms with E-state index in [9.17, 15) is 14.4 Å². The van der Waals surface area contributed by atoms with Gasteiger partial charge < -0.3 is 19.9 Å². The Morgan fingerprint density at radius 1 is 1.17 bits per heavy atom. The largest absolute Gasteiger partial charge is 0.497 e. The molecule has 6 nitrogen and oxygen atoms in total. The van der Waals surface area contributed by atoms with Crippen molar-refractivity contribution in [3.8, 4) is 11.8 Å². The lowest BCUT2D eigenvalue weighted by Crippen LogP contribution is -2.44. The number of carbonyl (C=O) groups excluding carboxylic acids is 1. The van der Waals surface area contributed by atoms with Gasteiger partial charge in [-0.15, -0.1) is 0 Å². The number of amides is 1. The number of methoxy groups -OCH3 is 1. The van der Waals surface area contributed by atoms with Crippen molar-refractivity contribution in [2.45, 2.75) is 6.54 Å². The molecule has 0 unspecified atom stereocenters. The van der Waals surface area contributed by atoms with Crippen LogP contribution in [0.25, 0.3) is 0 Å². The Hall–Kier alpha value is -3.53. The minimum absolute atomic E-state index is 0.0536. The summed E-state index contributed by atoms with van der Waals surface area (Å²) >= 11 is 0. The second-order valence-electron chi connectivity index (χ2n) is 6.66. The number of nitrogens with one attached hydrogen (secondary N) is 1. The Morgan fingerprint density at radius 3 is 2.48 bits per heavy atom. The minimum Gasteiger partial charge on any atom is -0.497 e. The molecule has 7 heteroatoms. The molecule has 0 spiro atoms. The monoisotopic (exact) mass is 394 g/mol. The van der Waals surface area contributed by atoms with Gasteiger partial charge in [-0.1, -0.05) is 24.3 Å². The minimum atomic E-state index is -0.417. The van der Waals surface area contributed by atoms with Crippen molar-refractivity contribution in [1.82, 2.24) is 10.2 Å². The van der Waals surface area contributed by atoms with E-state index in [-0.39, 0.29) is 11.4 Å². The fourth-order valence-electron chi connectivity index (χ4n) is 3.14. The first-order valence-electron chi connectivity index (χ1n) is 9.37. The van der Waals surface area contributed by atoms with E-state index in [0.717, 1.165) is 11.3 Å². The van der Waals surface area contributed by atoms with Crippen molar-refractivity contribution in [3.05, 3.63) is 71.7 Å². The molecule has 1 saturated heterocycles. The summed E-state index contributed by atoms with van der Waals surface area (Å²) in [7, 11) is 1.59. The SMILES string of the molecule is COc1ccc(CNC(=O)/C(C#N)=C\N2CCN(c3ccccc3F)CC2)cc1. The lowest BCUT2D eigenvalue weighted by molar-refractivity contribution is -0.117. The normalized spacial score (nSPS) is 14.3. The number of halogens is 1. The molecule has 3 rings (SSSR count). The highest BCUT2D eigenvalue weighted by molar-refractivity contribution is 5.97. The average molecular weight is 394 g/mol. The maximum atomic E-state index is 13.9. The summed E-state index contributed by atoms with van der Waals surface area (Å²) in [5, 5.41) is 12.1. The second-order valence-corrected chi connectivity index (χ2v) is 6.66. The smallest absolute Gasteiger partial charge is 0.263 e. The Labute approximate surface area is 169 Å². The van der Waals surface area contributed by atoms with E-state index < -0.39 is 5.91 Å². The molecule has 0 aliphatic carbocycles. The van der Waals surface area contributed by atoms with Crippen LogP contribution < -0.4 is 15.0 Å². The number of ether oxygens (including phenoxy) is 1. The summed E-state index contributed by atoms with van der Waals surface area (Å²) in [5.74, 6) is 0.0826. The van der Waals surface area contributed by atoms with E-state index in [1.54, 1.807) is 25.4 Å². The van der Waals surface area contributed by atoms with Crippen LogP contribution in [-0.4, -0.2) is 44.1 Å². The van der Waals surface area contributed by atoms with Crippen LogP contribution >= 0.6 is 0 Å². The maximum absolute atomic E-state index is 13.9. The Kier molecular flexibility index (Phi) is 6.69. The van der Waals surface area contributed by atoms with Gasteiger partial charge in [-0.25, -0.2) is 4.39 Å². The zero-order valence-electron chi connectivity index (χ0n) is 16.3. The maximum Gasteiger partial charge on any atom is 0.263 e. The molecule has 0 atom stereocenters. The third-order valence-electron chi connectivity index (χ3n) is 4.80. The van der Waals surface area contributed by atoms with Crippen molar-refractivity contribution in [2.24, 2.45) is 0 Å². The lowest BCUT2D eigenvalue weighted by atomic mass is 10.2. The van der Waals surface area contributed by atoms with E-state index >= 15 is 0 Å². The van der Waals surface area contributed by atoms with Gasteiger partial charge in [0, 0.05) is 38.9 Å². The van der Waals surface area contributed by atoms with Gasteiger partial charge in [-0.05, 0) is 29.8 Å². The first kappa shape index (κ1) is 20.2. The average Bonchev–Trinajstić information content (AvgIpc) is 2.77. The van der Waals surface area contributed by atoms with E-state index in [4.69, 9.17) is 4.74 Å². The van der Waals surface area contributed by atoms with Crippen molar-refractivity contribution in [3.63, 3.8) is 0 Å². The van der Waals surface area contributed by atoms with Crippen molar-refractivity contribution >= 4 is 11.6 Å². The van der Waals surface area contributed by atoms with Crippen LogP contribution in [0.1, 0.15) is 5.56 Å². The van der Waals surface area contributed by atoms with E-state index in [0.29, 0.717) is 38.4 Å². The summed E-state index contributed by atoms with van der Waals surface area (Å²) in [6, 6.07) is 16.0. The summed E-state index contributed by atoms with van der Waals surface area (Å²) < 4.78 is 19.0. The van der Waals surface area contributed by atoms with Crippen LogP contribution in [0.2, 0.25) is 0 Å². The van der Waals surface area contributed by atoms with E-state index in [2.05, 4.69) is 5.32 Å². The molecule has 0 bridgehead atoms. The molecule has 0 radical (unpaired) electrons. The molecule has 1 amide bonds. The molecule has 0 saturated carbocycles. The number of hydrogen-bond donors (Lipinski definition) is 1. The molecule has 1 aliphatic rings. The molecular formula is C22H23FN4O2. The number of piperazine rings is 1. The fourth-order valence-corrected chi connectivity index (χ4v) is 3.14. The summed E-state index contributed by atoms with van der Waals surface area (Å²) in [6.07, 6.45) is 1.59. The molecule has 1 aliphatic heterocycles. The van der Waals surface area contributed by atoms with Gasteiger partial charge in [0.25, 0.3) is 5.91 Å². The molecule has 29 heavy (non-hydrogen) atoms. The molecule has 150 valence electrons. The van der Waals surface area contributed by atoms with Crippen LogP contribution in [-0.2, 0) is 11.3 Å². The van der Waals surface area contributed by atoms with Gasteiger partial charge in [-0.3, -0.25) is 4.79 Å². The van der Waals surface area contributed by atoms with Gasteiger partial charge in [0.15, 0.2) is 0 Å². The van der Waals surface area contributed by atoms with Crippen molar-refractivity contribution in [1.29, 1.82) is 5.26 Å². The number of benzene rings is 2. The topological polar surface area (TPSA) is 68.6 Å². The number of nitriles is 1. The van der Waals surface area contributed by atoms with E-state index in [1.807, 2.05) is 46.2 Å². The number of para-hydroxylation sites is 1. The predicted molar refractivity (Wildman–Crippen MR) is 109 cm³/mol. The molecule has 1 fully saturated rings. The Balaban J connectivity index is 1.55. The molecular weight excluding hydrogens is 371 g/mol. The van der Waals surface area contributed by atoms with Gasteiger partial charge in [0.1, 0.15) is 23.2 Å². The third-order valence-corrected chi connectivity index (χ3v) is 4.80. The van der Waals surface area contributed by atoms with E-state index in [1.165, 1.54) is 6.07 Å². The molecule has 1 heterocycles. The van der Waals surface area contributed by atoms with Gasteiger partial charge in [-0.2, -0.15) is 5.26 Å². The Bertz CT molecular complexity index is 913. The number of carbonyl (C=O) groups is 1. The highest BCUT2D eigenvalue weighted by atomic mass is 19.1. The summed E-state index contributed by atoms with van der Waals surface area (Å²) in [4.78, 5) is 16.2. The third kappa shape index (κ3) is 5.26. The van der Waals surface area contributed by atoms with Gasteiger partial charge in [0.05, 0.1) is 12.8 Å². The zero-order valence-corrected chi connectivity index (χ0v) is 16.3. The fraction of sp³-hybridized carbons (Fsp3) is 0.273. The molecule has 2 aromatic carbocycles. The first-order chi connectivity index (χ1) is 14.1. The number of nitrogens with zero attached hydrogens (tertiary/aromatic N) is 3. The van der Waals surface area contributed by atoms with Gasteiger partial charge in [0.2, 0.25) is 0 Å². The number of anilines is 1. The standard InChI is InChI=1S/C22H23FN4O2/c1-29-19-8-6-17(7-9-19)15-25-22(28)18(14-24)16-26-10-12-27(13-11-26)21-5-3-2-4-20(21)23/h2-9,16H,10-13,15H2,1H3,(H,25,28)/b18-16-. The van der Waals surface area contributed by atoms with Crippen LogP contribution in [0.5, 0.6) is 5.75 Å². The number of rotatable bonds is 6. The highest BCUT2D eigenvalue weighted by Gasteiger charge is 2.19. The summed E-state index contributed by atoms with van der Waals surface area (Å²) in [6.45, 7) is 2.76. The lowest BCUT2D eigenvalue weighted by Gasteiger charge is -2.35. The first-order valence-corrected chi connectivity index (χ1v) is 9.37. The van der Waals surface area contributed by atoms with Gasteiger partial charge >= 0.3 is 0 Å². The highest BCUT2D eigenvalue weighted by Crippen LogP contribution is 2.20. The molecule has 0 aromatic heterocycles. The molecule has 1 N–H and O–H groups in total. The van der Waals surface area contributed by atoms with Crippen LogP contribution in [0, 0.1) is 17.1 Å². The summed E-state index contributed by atoms with van der Waals surface area (Å²) in [5.41, 5.74) is 1.54. The second kappa shape index (κ2) is 9.60. The zero-order chi connectivity index (χ0) is 20.6. The van der Waals surface area contributed by atoms with Crippen LogP contribution in [0.4, 0.5) is 10.1 Å². The quantitative estimate of drug-likeness (QED) is 0.603. The van der Waals surface area contributed by atoms with Crippen molar-refractivity contribution in [2.75, 3.05) is 38.2 Å². The number of hydrogen-bond acceptors (Lipinski definition) is 5. The van der Waals surface area contributed by atoms with Crippen LogP contribution in [0.15, 0.2) is 60.3 Å².